The van der Waals surface area contributed by atoms with E-state index in [0.29, 0.717) is 5.92 Å². The van der Waals surface area contributed by atoms with Gasteiger partial charge in [-0.05, 0) is 32.1 Å². The third kappa shape index (κ3) is 3.19. The number of aliphatic hydroxyl groups excluding tert-OH is 1. The van der Waals surface area contributed by atoms with Crippen LogP contribution in [-0.4, -0.2) is 33.2 Å². The van der Waals surface area contributed by atoms with Crippen molar-refractivity contribution in [2.45, 2.75) is 42.5 Å². The van der Waals surface area contributed by atoms with E-state index in [-0.39, 0.29) is 12.1 Å². The number of hydrogen-bond donors (Lipinski definition) is 2. The van der Waals surface area contributed by atoms with Crippen molar-refractivity contribution >= 4 is 23.1 Å². The summed E-state index contributed by atoms with van der Waals surface area (Å²) in [6, 6.07) is 0. The van der Waals surface area contributed by atoms with Crippen LogP contribution in [0.15, 0.2) is 4.34 Å². The zero-order valence-corrected chi connectivity index (χ0v) is 11.7. The van der Waals surface area contributed by atoms with Crippen LogP contribution in [0.2, 0.25) is 0 Å². The zero-order chi connectivity index (χ0) is 12.3. The summed E-state index contributed by atoms with van der Waals surface area (Å²) >= 11 is 3.38. The molecule has 2 rings (SSSR count). The Hall–Kier alpha value is -0.170. The lowest BCUT2D eigenvalue weighted by molar-refractivity contribution is 0.158. The molecular weight excluding hydrogens is 254 g/mol. The summed E-state index contributed by atoms with van der Waals surface area (Å²) in [7, 11) is 0. The normalized spacial score (nSPS) is 28.8. The lowest BCUT2D eigenvalue weighted by Crippen LogP contribution is -2.47. The van der Waals surface area contributed by atoms with Gasteiger partial charge in [0.05, 0.1) is 6.61 Å². The van der Waals surface area contributed by atoms with Crippen LogP contribution in [0.1, 0.15) is 30.7 Å². The van der Waals surface area contributed by atoms with E-state index in [1.807, 2.05) is 6.92 Å². The molecule has 0 saturated heterocycles. The Balaban J connectivity index is 1.78. The Labute approximate surface area is 110 Å². The number of thioether (sulfide) groups is 1. The molecule has 1 aromatic heterocycles. The molecule has 0 bridgehead atoms. The summed E-state index contributed by atoms with van der Waals surface area (Å²) in [6.07, 6.45) is 4.30. The fraction of sp³-hybridized carbons (Fsp3) is 0.818. The van der Waals surface area contributed by atoms with Crippen LogP contribution in [0.4, 0.5) is 0 Å². The van der Waals surface area contributed by atoms with Gasteiger partial charge in [-0.15, -0.1) is 10.2 Å². The molecule has 1 heterocycles. The monoisotopic (exact) mass is 273 g/mol. The van der Waals surface area contributed by atoms with Crippen molar-refractivity contribution in [3.8, 4) is 0 Å². The maximum absolute atomic E-state index is 9.36. The number of aromatic nitrogens is 2. The van der Waals surface area contributed by atoms with Crippen LogP contribution in [-0.2, 0) is 0 Å². The summed E-state index contributed by atoms with van der Waals surface area (Å²) in [4.78, 5) is 0. The van der Waals surface area contributed by atoms with Crippen molar-refractivity contribution in [3.05, 3.63) is 5.01 Å². The highest BCUT2D eigenvalue weighted by molar-refractivity contribution is 8.01. The SMILES string of the molecule is Cc1nnc(SCCC2CCCC2(N)CO)s1. The second-order valence-corrected chi connectivity index (χ2v) is 7.23. The van der Waals surface area contributed by atoms with E-state index in [0.717, 1.165) is 40.8 Å². The van der Waals surface area contributed by atoms with Crippen molar-refractivity contribution < 1.29 is 5.11 Å². The smallest absolute Gasteiger partial charge is 0.174 e. The van der Waals surface area contributed by atoms with Gasteiger partial charge in [0.1, 0.15) is 5.01 Å². The third-order valence-corrected chi connectivity index (χ3v) is 5.51. The molecule has 1 fully saturated rings. The summed E-state index contributed by atoms with van der Waals surface area (Å²) in [5.41, 5.74) is 5.87. The Kier molecular flexibility index (Phi) is 4.41. The van der Waals surface area contributed by atoms with E-state index in [2.05, 4.69) is 10.2 Å². The Bertz CT molecular complexity index is 371. The maximum Gasteiger partial charge on any atom is 0.174 e. The molecule has 1 aromatic rings. The predicted octanol–water partition coefficient (Wildman–Crippen LogP) is 1.82. The van der Waals surface area contributed by atoms with Gasteiger partial charge < -0.3 is 10.8 Å². The quantitative estimate of drug-likeness (QED) is 0.801. The van der Waals surface area contributed by atoms with Crippen LogP contribution >= 0.6 is 23.1 Å². The largest absolute Gasteiger partial charge is 0.394 e. The van der Waals surface area contributed by atoms with Crippen LogP contribution in [0.25, 0.3) is 0 Å². The molecule has 1 aliphatic rings. The molecule has 6 heteroatoms. The van der Waals surface area contributed by atoms with Gasteiger partial charge in [-0.1, -0.05) is 29.5 Å². The summed E-state index contributed by atoms with van der Waals surface area (Å²) < 4.78 is 1.03. The average molecular weight is 273 g/mol. The van der Waals surface area contributed by atoms with Crippen molar-refractivity contribution in [3.63, 3.8) is 0 Å². The summed E-state index contributed by atoms with van der Waals surface area (Å²) in [6.45, 7) is 2.08. The van der Waals surface area contributed by atoms with Gasteiger partial charge in [0.25, 0.3) is 0 Å². The number of nitrogens with two attached hydrogens (primary N) is 1. The lowest BCUT2D eigenvalue weighted by Gasteiger charge is -2.29. The van der Waals surface area contributed by atoms with Crippen molar-refractivity contribution in [1.82, 2.24) is 10.2 Å². The molecule has 96 valence electrons. The third-order valence-electron chi connectivity index (χ3n) is 3.50. The molecule has 2 atom stereocenters. The second-order valence-electron chi connectivity index (χ2n) is 4.70. The summed E-state index contributed by atoms with van der Waals surface area (Å²) in [5, 5.41) is 18.5. The van der Waals surface area contributed by atoms with E-state index in [1.165, 1.54) is 0 Å². The molecule has 0 spiro atoms. The minimum atomic E-state index is -0.336. The minimum Gasteiger partial charge on any atom is -0.394 e. The van der Waals surface area contributed by atoms with Crippen molar-refractivity contribution in [2.75, 3.05) is 12.4 Å². The standard InChI is InChI=1S/C11H19N3OS2/c1-8-13-14-10(17-8)16-6-4-9-3-2-5-11(9,12)7-15/h9,15H,2-7,12H2,1H3. The Morgan fingerprint density at radius 1 is 1.59 bits per heavy atom. The van der Waals surface area contributed by atoms with Crippen LogP contribution in [0, 0.1) is 12.8 Å². The van der Waals surface area contributed by atoms with Crippen LogP contribution in [0.3, 0.4) is 0 Å². The van der Waals surface area contributed by atoms with Gasteiger partial charge in [0.15, 0.2) is 4.34 Å². The molecule has 0 aromatic carbocycles. The first-order chi connectivity index (χ1) is 8.14. The summed E-state index contributed by atoms with van der Waals surface area (Å²) in [5.74, 6) is 1.46. The number of aryl methyl sites for hydroxylation is 1. The topological polar surface area (TPSA) is 72.0 Å². The molecule has 0 radical (unpaired) electrons. The Morgan fingerprint density at radius 3 is 3.06 bits per heavy atom. The molecule has 1 aliphatic carbocycles. The van der Waals surface area contributed by atoms with Crippen molar-refractivity contribution in [2.24, 2.45) is 11.7 Å². The Morgan fingerprint density at radius 2 is 2.41 bits per heavy atom. The predicted molar refractivity (Wildman–Crippen MR) is 71.3 cm³/mol. The minimum absolute atomic E-state index is 0.111. The molecule has 3 N–H and O–H groups in total. The molecule has 4 nitrogen and oxygen atoms in total. The van der Waals surface area contributed by atoms with Crippen molar-refractivity contribution in [1.29, 1.82) is 0 Å². The molecule has 2 unspecified atom stereocenters. The van der Waals surface area contributed by atoms with E-state index in [4.69, 9.17) is 5.73 Å². The van der Waals surface area contributed by atoms with E-state index in [9.17, 15) is 5.11 Å². The van der Waals surface area contributed by atoms with Gasteiger partial charge in [-0.2, -0.15) is 0 Å². The highest BCUT2D eigenvalue weighted by Gasteiger charge is 2.38. The molecule has 0 aliphatic heterocycles. The molecule has 1 saturated carbocycles. The highest BCUT2D eigenvalue weighted by atomic mass is 32.2. The number of rotatable bonds is 5. The number of aliphatic hydroxyl groups is 1. The first-order valence-electron chi connectivity index (χ1n) is 5.97. The first kappa shape index (κ1) is 13.3. The van der Waals surface area contributed by atoms with E-state index < -0.39 is 0 Å². The molecule has 0 amide bonds. The van der Waals surface area contributed by atoms with Gasteiger partial charge in [-0.3, -0.25) is 0 Å². The average Bonchev–Trinajstić information content (AvgIpc) is 2.87. The lowest BCUT2D eigenvalue weighted by atomic mass is 9.87. The fourth-order valence-corrected chi connectivity index (χ4v) is 4.37. The fourth-order valence-electron chi connectivity index (χ4n) is 2.43. The van der Waals surface area contributed by atoms with E-state index >= 15 is 0 Å². The number of nitrogens with zero attached hydrogens (tertiary/aromatic N) is 2. The highest BCUT2D eigenvalue weighted by Crippen LogP contribution is 2.37. The second kappa shape index (κ2) is 5.65. The molecular formula is C11H19N3OS2. The van der Waals surface area contributed by atoms with Gasteiger partial charge in [-0.25, -0.2) is 0 Å². The maximum atomic E-state index is 9.36. The van der Waals surface area contributed by atoms with Gasteiger partial charge >= 0.3 is 0 Å². The van der Waals surface area contributed by atoms with Crippen LogP contribution < -0.4 is 5.73 Å². The molecule has 17 heavy (non-hydrogen) atoms. The van der Waals surface area contributed by atoms with Gasteiger partial charge in [0.2, 0.25) is 0 Å². The van der Waals surface area contributed by atoms with Gasteiger partial charge in [0, 0.05) is 11.3 Å². The van der Waals surface area contributed by atoms with E-state index in [1.54, 1.807) is 23.1 Å². The number of hydrogen-bond acceptors (Lipinski definition) is 6. The zero-order valence-electron chi connectivity index (χ0n) is 10.1. The first-order valence-corrected chi connectivity index (χ1v) is 7.77. The van der Waals surface area contributed by atoms with Crippen LogP contribution in [0.5, 0.6) is 0 Å².